The summed E-state index contributed by atoms with van der Waals surface area (Å²) in [6, 6.07) is 14.5. The van der Waals surface area contributed by atoms with Crippen LogP contribution >= 0.6 is 11.3 Å². The summed E-state index contributed by atoms with van der Waals surface area (Å²) in [7, 11) is 0.735. The average Bonchev–Trinajstić information content (AvgIpc) is 3.32. The van der Waals surface area contributed by atoms with Crippen LogP contribution in [-0.2, 0) is 9.84 Å². The van der Waals surface area contributed by atoms with Gasteiger partial charge in [0.05, 0.1) is 26.2 Å². The molecule has 1 atom stereocenters. The second-order valence-electron chi connectivity index (χ2n) is 6.54. The maximum absolute atomic E-state index is 13.4. The number of hydrogen-bond donors (Lipinski definition) is 1. The van der Waals surface area contributed by atoms with E-state index < -0.39 is 21.0 Å². The van der Waals surface area contributed by atoms with Crippen molar-refractivity contribution in [2.24, 2.45) is 0 Å². The van der Waals surface area contributed by atoms with Gasteiger partial charge in [-0.3, -0.25) is 4.79 Å². The molecule has 31 heavy (non-hydrogen) atoms. The largest absolute Gasteiger partial charge is 0.497 e. The van der Waals surface area contributed by atoms with Gasteiger partial charge in [0.2, 0.25) is 0 Å². The van der Waals surface area contributed by atoms with Crippen LogP contribution in [0.5, 0.6) is 17.2 Å². The number of nitrogens with one attached hydrogen (secondary N) is 1. The van der Waals surface area contributed by atoms with E-state index in [1.165, 1.54) is 44.8 Å². The van der Waals surface area contributed by atoms with Crippen molar-refractivity contribution in [2.75, 3.05) is 27.9 Å². The highest BCUT2D eigenvalue weighted by molar-refractivity contribution is 7.91. The predicted molar refractivity (Wildman–Crippen MR) is 119 cm³/mol. The van der Waals surface area contributed by atoms with Crippen LogP contribution in [0.25, 0.3) is 0 Å². The molecule has 1 N–H and O–H groups in total. The van der Waals surface area contributed by atoms with E-state index in [0.29, 0.717) is 27.7 Å². The van der Waals surface area contributed by atoms with Gasteiger partial charge < -0.3 is 19.5 Å². The number of hydrogen-bond acceptors (Lipinski definition) is 7. The molecule has 1 aromatic heterocycles. The number of carbonyl (C=O) groups is 1. The van der Waals surface area contributed by atoms with Crippen molar-refractivity contribution in [3.8, 4) is 17.2 Å². The molecule has 3 rings (SSSR count). The van der Waals surface area contributed by atoms with E-state index in [4.69, 9.17) is 14.2 Å². The highest BCUT2D eigenvalue weighted by Gasteiger charge is 2.30. The fourth-order valence-corrected chi connectivity index (χ4v) is 5.78. The molecule has 0 saturated heterocycles. The summed E-state index contributed by atoms with van der Waals surface area (Å²) in [6.07, 6.45) is 0. The molecule has 7 nitrogen and oxygen atoms in total. The molecule has 0 fully saturated rings. The van der Waals surface area contributed by atoms with Crippen molar-refractivity contribution >= 4 is 27.1 Å². The molecule has 0 bridgehead atoms. The minimum absolute atomic E-state index is 0.0900. The van der Waals surface area contributed by atoms with E-state index in [1.54, 1.807) is 47.8 Å². The standard InChI is InChI=1S/C22H23NO6S2/c1-27-16-6-8-19(9-7-16)31(25,26)21(20-5-4-10-30-20)14-23-22(24)15-11-17(28-2)13-18(12-15)29-3/h4-13,21H,14H2,1-3H3,(H,23,24)/t21-/m1/s1. The summed E-state index contributed by atoms with van der Waals surface area (Å²) >= 11 is 1.32. The molecule has 0 saturated carbocycles. The van der Waals surface area contributed by atoms with Gasteiger partial charge in [-0.1, -0.05) is 6.07 Å². The number of ether oxygens (including phenoxy) is 3. The highest BCUT2D eigenvalue weighted by Crippen LogP contribution is 2.32. The van der Waals surface area contributed by atoms with Gasteiger partial charge in [0.15, 0.2) is 9.84 Å². The summed E-state index contributed by atoms with van der Waals surface area (Å²) in [4.78, 5) is 13.6. The van der Waals surface area contributed by atoms with Crippen molar-refractivity contribution < 1.29 is 27.4 Å². The second-order valence-corrected chi connectivity index (χ2v) is 9.65. The van der Waals surface area contributed by atoms with Gasteiger partial charge >= 0.3 is 0 Å². The summed E-state index contributed by atoms with van der Waals surface area (Å²) in [5.74, 6) is 1.06. The third kappa shape index (κ3) is 5.18. The Morgan fingerprint density at radius 1 is 0.935 bits per heavy atom. The molecule has 164 valence electrons. The maximum atomic E-state index is 13.4. The second kappa shape index (κ2) is 9.84. The Balaban J connectivity index is 1.86. The van der Waals surface area contributed by atoms with Crippen LogP contribution in [0.15, 0.2) is 64.9 Å². The van der Waals surface area contributed by atoms with E-state index in [2.05, 4.69) is 5.32 Å². The molecule has 0 unspecified atom stereocenters. The third-order valence-electron chi connectivity index (χ3n) is 4.68. The van der Waals surface area contributed by atoms with Crippen LogP contribution in [0.4, 0.5) is 0 Å². The normalized spacial score (nSPS) is 12.1. The number of thiophene rings is 1. The Bertz CT molecular complexity index is 1100. The van der Waals surface area contributed by atoms with Crippen LogP contribution in [-0.4, -0.2) is 42.2 Å². The average molecular weight is 462 g/mol. The van der Waals surface area contributed by atoms with Crippen molar-refractivity contribution in [3.63, 3.8) is 0 Å². The lowest BCUT2D eigenvalue weighted by Crippen LogP contribution is -2.31. The smallest absolute Gasteiger partial charge is 0.251 e. The quantitative estimate of drug-likeness (QED) is 0.522. The summed E-state index contributed by atoms with van der Waals surface area (Å²) in [5, 5.41) is 3.61. The zero-order valence-electron chi connectivity index (χ0n) is 17.3. The Morgan fingerprint density at radius 2 is 1.55 bits per heavy atom. The zero-order valence-corrected chi connectivity index (χ0v) is 19.0. The summed E-state index contributed by atoms with van der Waals surface area (Å²) in [6.45, 7) is -0.0900. The minimum atomic E-state index is -3.76. The number of rotatable bonds is 9. The minimum Gasteiger partial charge on any atom is -0.497 e. The molecule has 0 spiro atoms. The van der Waals surface area contributed by atoms with E-state index in [0.717, 1.165) is 0 Å². The third-order valence-corrected chi connectivity index (χ3v) is 7.92. The first kappa shape index (κ1) is 22.6. The van der Waals surface area contributed by atoms with Gasteiger partial charge in [-0.25, -0.2) is 8.42 Å². The molecule has 0 aliphatic heterocycles. The lowest BCUT2D eigenvalue weighted by atomic mass is 10.2. The number of sulfone groups is 1. The molecule has 0 aliphatic rings. The first-order valence-corrected chi connectivity index (χ1v) is 11.7. The number of benzene rings is 2. The van der Waals surface area contributed by atoms with Crippen LogP contribution in [0.2, 0.25) is 0 Å². The fourth-order valence-electron chi connectivity index (χ4n) is 2.99. The van der Waals surface area contributed by atoms with Crippen molar-refractivity contribution in [3.05, 3.63) is 70.4 Å². The van der Waals surface area contributed by atoms with Gasteiger partial charge in [0, 0.05) is 23.1 Å². The van der Waals surface area contributed by atoms with E-state index >= 15 is 0 Å². The molecular weight excluding hydrogens is 438 g/mol. The molecule has 1 amide bonds. The summed E-state index contributed by atoms with van der Waals surface area (Å²) < 4.78 is 42.2. The van der Waals surface area contributed by atoms with E-state index in [9.17, 15) is 13.2 Å². The maximum Gasteiger partial charge on any atom is 0.251 e. The SMILES string of the molecule is COc1ccc(S(=O)(=O)[C@H](CNC(=O)c2cc(OC)cc(OC)c2)c2cccs2)cc1. The number of carbonyl (C=O) groups excluding carboxylic acids is 1. The Kier molecular flexibility index (Phi) is 7.19. The Hall–Kier alpha value is -3.04. The fraction of sp³-hybridized carbons (Fsp3) is 0.227. The van der Waals surface area contributed by atoms with Crippen molar-refractivity contribution in [1.29, 1.82) is 0 Å². The van der Waals surface area contributed by atoms with E-state index in [1.807, 2.05) is 0 Å². The predicted octanol–water partition coefficient (Wildman–Crippen LogP) is 3.72. The molecule has 1 heterocycles. The molecule has 2 aromatic carbocycles. The molecular formula is C22H23NO6S2. The topological polar surface area (TPSA) is 90.9 Å². The van der Waals surface area contributed by atoms with Crippen LogP contribution < -0.4 is 19.5 Å². The van der Waals surface area contributed by atoms with Gasteiger partial charge in [0.25, 0.3) is 5.91 Å². The molecule has 0 aliphatic carbocycles. The molecule has 9 heteroatoms. The summed E-state index contributed by atoms with van der Waals surface area (Å²) in [5.41, 5.74) is 0.308. The monoisotopic (exact) mass is 461 g/mol. The van der Waals surface area contributed by atoms with Gasteiger partial charge in [-0.2, -0.15) is 0 Å². The van der Waals surface area contributed by atoms with Crippen molar-refractivity contribution in [2.45, 2.75) is 10.1 Å². The molecule has 0 radical (unpaired) electrons. The number of amides is 1. The van der Waals surface area contributed by atoms with Gasteiger partial charge in [-0.05, 0) is 47.8 Å². The van der Waals surface area contributed by atoms with Crippen LogP contribution in [0.3, 0.4) is 0 Å². The van der Waals surface area contributed by atoms with E-state index in [-0.39, 0.29) is 11.4 Å². The van der Waals surface area contributed by atoms with Crippen LogP contribution in [0.1, 0.15) is 20.5 Å². The number of methoxy groups -OCH3 is 3. The molecule has 3 aromatic rings. The first-order chi connectivity index (χ1) is 14.9. The van der Waals surface area contributed by atoms with Gasteiger partial charge in [-0.15, -0.1) is 11.3 Å². The Labute approximate surface area is 185 Å². The Morgan fingerprint density at radius 3 is 2.06 bits per heavy atom. The highest BCUT2D eigenvalue weighted by atomic mass is 32.2. The zero-order chi connectivity index (χ0) is 22.4. The van der Waals surface area contributed by atoms with Crippen molar-refractivity contribution in [1.82, 2.24) is 5.32 Å². The van der Waals surface area contributed by atoms with Crippen LogP contribution in [0, 0.1) is 0 Å². The lowest BCUT2D eigenvalue weighted by Gasteiger charge is -2.18. The first-order valence-electron chi connectivity index (χ1n) is 9.31. The van der Waals surface area contributed by atoms with Gasteiger partial charge in [0.1, 0.15) is 22.5 Å². The lowest BCUT2D eigenvalue weighted by molar-refractivity contribution is 0.0953.